The third-order valence-corrected chi connectivity index (χ3v) is 4.44. The van der Waals surface area contributed by atoms with Crippen LogP contribution in [0.3, 0.4) is 0 Å². The van der Waals surface area contributed by atoms with E-state index in [0.29, 0.717) is 16.4 Å². The van der Waals surface area contributed by atoms with Gasteiger partial charge in [-0.25, -0.2) is 9.37 Å². The minimum atomic E-state index is -1.09. The molecule has 0 aliphatic heterocycles. The van der Waals surface area contributed by atoms with E-state index < -0.39 is 23.7 Å². The molecule has 0 aliphatic carbocycles. The number of nitrogens with one attached hydrogen (secondary N) is 2. The zero-order valence-electron chi connectivity index (χ0n) is 14.9. The van der Waals surface area contributed by atoms with Crippen molar-refractivity contribution in [3.8, 4) is 0 Å². The van der Waals surface area contributed by atoms with Gasteiger partial charge in [0, 0.05) is 11.3 Å². The van der Waals surface area contributed by atoms with Crippen molar-refractivity contribution in [1.82, 2.24) is 10.3 Å². The van der Waals surface area contributed by atoms with E-state index in [-0.39, 0.29) is 24.7 Å². The summed E-state index contributed by atoms with van der Waals surface area (Å²) in [5.74, 6) is -2.31. The van der Waals surface area contributed by atoms with Crippen LogP contribution in [0.1, 0.15) is 37.6 Å². The highest BCUT2D eigenvalue weighted by Crippen LogP contribution is 2.19. The van der Waals surface area contributed by atoms with Crippen molar-refractivity contribution in [1.29, 1.82) is 0 Å². The summed E-state index contributed by atoms with van der Waals surface area (Å²) >= 11 is 1.21. The summed E-state index contributed by atoms with van der Waals surface area (Å²) in [7, 11) is 0. The maximum absolute atomic E-state index is 13.1. The number of carbonyl (C=O) groups excluding carboxylic acids is 2. The number of benzene rings is 1. The molecule has 1 aromatic heterocycles. The molecule has 144 valence electrons. The first-order valence-corrected chi connectivity index (χ1v) is 9.14. The SMILES string of the molecule is CC(C)C(=O)Nc1nc(CC(=O)NC(CC(=O)O)c2ccc(F)cc2)cs1. The summed E-state index contributed by atoms with van der Waals surface area (Å²) in [6, 6.07) is 4.51. The van der Waals surface area contributed by atoms with E-state index in [0.717, 1.165) is 0 Å². The molecular formula is C18H20FN3O4S. The number of rotatable bonds is 8. The molecule has 2 amide bonds. The molecule has 1 aromatic carbocycles. The van der Waals surface area contributed by atoms with Crippen LogP contribution in [0.15, 0.2) is 29.6 Å². The van der Waals surface area contributed by atoms with Crippen LogP contribution in [0.2, 0.25) is 0 Å². The van der Waals surface area contributed by atoms with E-state index in [4.69, 9.17) is 5.11 Å². The summed E-state index contributed by atoms with van der Waals surface area (Å²) in [5.41, 5.74) is 0.958. The second kappa shape index (κ2) is 9.22. The fourth-order valence-electron chi connectivity index (χ4n) is 2.23. The topological polar surface area (TPSA) is 108 Å². The second-order valence-corrected chi connectivity index (χ2v) is 7.09. The Balaban J connectivity index is 2.01. The predicted molar refractivity (Wildman–Crippen MR) is 98.8 cm³/mol. The smallest absolute Gasteiger partial charge is 0.305 e. The van der Waals surface area contributed by atoms with Crippen molar-refractivity contribution in [2.24, 2.45) is 5.92 Å². The molecule has 27 heavy (non-hydrogen) atoms. The molecule has 3 N–H and O–H groups in total. The minimum absolute atomic E-state index is 0.0641. The lowest BCUT2D eigenvalue weighted by Gasteiger charge is -2.17. The first kappa shape index (κ1) is 20.5. The van der Waals surface area contributed by atoms with Gasteiger partial charge in [0.15, 0.2) is 5.13 Å². The minimum Gasteiger partial charge on any atom is -0.481 e. The van der Waals surface area contributed by atoms with Gasteiger partial charge in [0.25, 0.3) is 0 Å². The number of carboxylic acids is 1. The van der Waals surface area contributed by atoms with E-state index in [1.165, 1.54) is 35.6 Å². The van der Waals surface area contributed by atoms with Crippen LogP contribution in [0, 0.1) is 11.7 Å². The fraction of sp³-hybridized carbons (Fsp3) is 0.333. The quantitative estimate of drug-likeness (QED) is 0.639. The molecule has 1 heterocycles. The second-order valence-electron chi connectivity index (χ2n) is 6.23. The molecule has 1 unspecified atom stereocenters. The molecule has 7 nitrogen and oxygen atoms in total. The number of hydrogen-bond acceptors (Lipinski definition) is 5. The van der Waals surface area contributed by atoms with E-state index in [1.54, 1.807) is 19.2 Å². The predicted octanol–water partition coefficient (Wildman–Crippen LogP) is 2.75. The Morgan fingerprint density at radius 3 is 2.48 bits per heavy atom. The molecule has 9 heteroatoms. The Kier molecular flexibility index (Phi) is 7.00. The van der Waals surface area contributed by atoms with Crippen molar-refractivity contribution in [2.45, 2.75) is 32.7 Å². The highest BCUT2D eigenvalue weighted by Gasteiger charge is 2.19. The van der Waals surface area contributed by atoms with Gasteiger partial charge in [0.2, 0.25) is 11.8 Å². The molecule has 0 aliphatic rings. The van der Waals surface area contributed by atoms with Crippen LogP contribution >= 0.6 is 11.3 Å². The summed E-state index contributed by atoms with van der Waals surface area (Å²) in [6.45, 7) is 3.52. The normalized spacial score (nSPS) is 11.9. The van der Waals surface area contributed by atoms with Crippen LogP contribution in [0.25, 0.3) is 0 Å². The van der Waals surface area contributed by atoms with Crippen molar-refractivity contribution < 1.29 is 23.9 Å². The Hall–Kier alpha value is -2.81. The number of hydrogen-bond donors (Lipinski definition) is 3. The average Bonchev–Trinajstić information content (AvgIpc) is 3.01. The van der Waals surface area contributed by atoms with Crippen LogP contribution in [-0.4, -0.2) is 27.9 Å². The van der Waals surface area contributed by atoms with Crippen LogP contribution in [0.4, 0.5) is 9.52 Å². The molecule has 0 bridgehead atoms. The van der Waals surface area contributed by atoms with Gasteiger partial charge in [-0.1, -0.05) is 26.0 Å². The summed E-state index contributed by atoms with van der Waals surface area (Å²) in [4.78, 5) is 39.2. The number of carbonyl (C=O) groups is 3. The molecule has 0 spiro atoms. The van der Waals surface area contributed by atoms with Crippen LogP contribution < -0.4 is 10.6 Å². The third-order valence-electron chi connectivity index (χ3n) is 3.63. The first-order chi connectivity index (χ1) is 12.7. The highest BCUT2D eigenvalue weighted by atomic mass is 32.1. The standard InChI is InChI=1S/C18H20FN3O4S/c1-10(2)17(26)22-18-20-13(9-27-18)7-15(23)21-14(8-16(24)25)11-3-5-12(19)6-4-11/h3-6,9-10,14H,7-8H2,1-2H3,(H,21,23)(H,24,25)(H,20,22,26). The molecule has 2 aromatic rings. The Morgan fingerprint density at radius 2 is 1.89 bits per heavy atom. The van der Waals surface area contributed by atoms with Gasteiger partial charge in [-0.3, -0.25) is 14.4 Å². The Bertz CT molecular complexity index is 820. The van der Waals surface area contributed by atoms with Gasteiger partial charge in [0.05, 0.1) is 24.6 Å². The lowest BCUT2D eigenvalue weighted by Crippen LogP contribution is -2.31. The lowest BCUT2D eigenvalue weighted by molar-refractivity contribution is -0.137. The number of carboxylic acid groups (broad SMARTS) is 1. The summed E-state index contributed by atoms with van der Waals surface area (Å²) in [6.07, 6.45) is -0.393. The van der Waals surface area contributed by atoms with E-state index in [9.17, 15) is 18.8 Å². The fourth-order valence-corrected chi connectivity index (χ4v) is 2.94. The highest BCUT2D eigenvalue weighted by molar-refractivity contribution is 7.13. The monoisotopic (exact) mass is 393 g/mol. The van der Waals surface area contributed by atoms with Gasteiger partial charge in [0.1, 0.15) is 5.82 Å². The van der Waals surface area contributed by atoms with Crippen LogP contribution in [0.5, 0.6) is 0 Å². The number of nitrogens with zero attached hydrogens (tertiary/aromatic N) is 1. The van der Waals surface area contributed by atoms with Gasteiger partial charge in [-0.2, -0.15) is 0 Å². The van der Waals surface area contributed by atoms with Gasteiger partial charge in [-0.15, -0.1) is 11.3 Å². The molecule has 0 radical (unpaired) electrons. The third kappa shape index (κ3) is 6.45. The zero-order valence-corrected chi connectivity index (χ0v) is 15.7. The molecule has 1 atom stereocenters. The summed E-state index contributed by atoms with van der Waals surface area (Å²) in [5, 5.41) is 16.4. The lowest BCUT2D eigenvalue weighted by atomic mass is 10.0. The van der Waals surface area contributed by atoms with E-state index in [1.807, 2.05) is 0 Å². The van der Waals surface area contributed by atoms with Gasteiger partial charge < -0.3 is 15.7 Å². The zero-order chi connectivity index (χ0) is 20.0. The maximum atomic E-state index is 13.1. The summed E-state index contributed by atoms with van der Waals surface area (Å²) < 4.78 is 13.1. The number of thiazole rings is 1. The Labute approximate surface area is 159 Å². The van der Waals surface area contributed by atoms with Crippen molar-refractivity contribution in [3.05, 3.63) is 46.7 Å². The van der Waals surface area contributed by atoms with Crippen molar-refractivity contribution >= 4 is 34.3 Å². The molecule has 0 saturated carbocycles. The molecule has 0 saturated heterocycles. The molecule has 0 fully saturated rings. The first-order valence-electron chi connectivity index (χ1n) is 8.26. The van der Waals surface area contributed by atoms with Gasteiger partial charge >= 0.3 is 5.97 Å². The van der Waals surface area contributed by atoms with E-state index >= 15 is 0 Å². The Morgan fingerprint density at radius 1 is 1.22 bits per heavy atom. The number of aliphatic carboxylic acids is 1. The largest absolute Gasteiger partial charge is 0.481 e. The van der Waals surface area contributed by atoms with Crippen molar-refractivity contribution in [2.75, 3.05) is 5.32 Å². The number of halogens is 1. The van der Waals surface area contributed by atoms with E-state index in [2.05, 4.69) is 15.6 Å². The number of anilines is 1. The number of aromatic nitrogens is 1. The van der Waals surface area contributed by atoms with Crippen molar-refractivity contribution in [3.63, 3.8) is 0 Å². The molecular weight excluding hydrogens is 373 g/mol. The van der Waals surface area contributed by atoms with Gasteiger partial charge in [-0.05, 0) is 17.7 Å². The van der Waals surface area contributed by atoms with Crippen LogP contribution in [-0.2, 0) is 20.8 Å². The molecule has 2 rings (SSSR count). The maximum Gasteiger partial charge on any atom is 0.305 e. The number of amides is 2. The average molecular weight is 393 g/mol.